The van der Waals surface area contributed by atoms with Gasteiger partial charge in [0.25, 0.3) is 6.10 Å². The highest BCUT2D eigenvalue weighted by Crippen LogP contribution is 2.38. The monoisotopic (exact) mass is 559 g/mol. The molecule has 0 bridgehead atoms. The predicted molar refractivity (Wildman–Crippen MR) is 93.4 cm³/mol. The fourth-order valence-corrected chi connectivity index (χ4v) is 2.86. The number of hydrogen-bond acceptors (Lipinski definition) is 7. The second-order valence-electron chi connectivity index (χ2n) is 5.53. The Morgan fingerprint density at radius 3 is 2.14 bits per heavy atom. The van der Waals surface area contributed by atoms with Crippen molar-refractivity contribution in [2.75, 3.05) is 0 Å². The van der Waals surface area contributed by atoms with Crippen LogP contribution in [0.15, 0.2) is 24.3 Å². The zero-order valence-corrected chi connectivity index (χ0v) is 17.2. The largest absolute Gasteiger partial charge is 0.743 e. The summed E-state index contributed by atoms with van der Waals surface area (Å²) in [6.07, 6.45) is -12.2. The van der Waals surface area contributed by atoms with E-state index in [4.69, 9.17) is 4.74 Å². The van der Waals surface area contributed by atoms with Gasteiger partial charge in [-0.05, 0) is 35.1 Å². The molecule has 29 heavy (non-hydrogen) atoms. The fourth-order valence-electron chi connectivity index (χ4n) is 1.87. The van der Waals surface area contributed by atoms with E-state index in [1.807, 2.05) is 22.6 Å². The molecule has 0 amide bonds. The van der Waals surface area contributed by atoms with E-state index in [0.29, 0.717) is 5.56 Å². The van der Waals surface area contributed by atoms with Gasteiger partial charge in [0.2, 0.25) is 0 Å². The molecule has 14 heteroatoms. The van der Waals surface area contributed by atoms with Gasteiger partial charge in [0, 0.05) is 22.0 Å². The van der Waals surface area contributed by atoms with Crippen molar-refractivity contribution in [3.8, 4) is 0 Å². The maximum absolute atomic E-state index is 13.2. The van der Waals surface area contributed by atoms with E-state index in [1.54, 1.807) is 24.3 Å². The summed E-state index contributed by atoms with van der Waals surface area (Å²) in [7, 11) is -6.76. The summed E-state index contributed by atoms with van der Waals surface area (Å²) in [6, 6.07) is 6.91. The van der Waals surface area contributed by atoms with Crippen molar-refractivity contribution in [3.63, 3.8) is 0 Å². The highest BCUT2D eigenvalue weighted by molar-refractivity contribution is 14.1. The summed E-state index contributed by atoms with van der Waals surface area (Å²) < 4.78 is 105. The van der Waals surface area contributed by atoms with E-state index < -0.39 is 58.9 Å². The van der Waals surface area contributed by atoms with Crippen molar-refractivity contribution in [2.24, 2.45) is 0 Å². The molecule has 7 nitrogen and oxygen atoms in total. The van der Waals surface area contributed by atoms with Gasteiger partial charge in [-0.15, -0.1) is 0 Å². The maximum atomic E-state index is 13.2. The molecule has 0 aliphatic heterocycles. The first-order valence-electron chi connectivity index (χ1n) is 7.64. The Labute approximate surface area is 175 Å². The lowest BCUT2D eigenvalue weighted by atomic mass is 10.2. The number of rotatable bonds is 9. The number of benzene rings is 1. The highest BCUT2D eigenvalue weighted by Gasteiger charge is 2.62. The Morgan fingerprint density at radius 1 is 1.07 bits per heavy atom. The molecule has 0 N–H and O–H groups in total. The molecule has 0 saturated heterocycles. The van der Waals surface area contributed by atoms with E-state index in [0.717, 1.165) is 3.57 Å². The zero-order valence-electron chi connectivity index (χ0n) is 14.2. The molecule has 0 saturated carbocycles. The van der Waals surface area contributed by atoms with Crippen molar-refractivity contribution in [3.05, 3.63) is 33.4 Å². The molecular weight excluding hydrogens is 546 g/mol. The third kappa shape index (κ3) is 7.65. The zero-order chi connectivity index (χ0) is 22.5. The SMILES string of the molecule is O=C(CCCC(=O)OC(C(F)(F)F)C(F)(F)S(=O)(=O)[O-])OCc1ccccc1I. The van der Waals surface area contributed by atoms with Crippen LogP contribution in [0.2, 0.25) is 0 Å². The maximum Gasteiger partial charge on any atom is 0.432 e. The third-order valence-corrected chi connectivity index (χ3v) is 5.23. The van der Waals surface area contributed by atoms with Gasteiger partial charge in [0.05, 0.1) is 0 Å². The summed E-state index contributed by atoms with van der Waals surface area (Å²) >= 11 is 2.00. The Kier molecular flexibility index (Phi) is 8.76. The van der Waals surface area contributed by atoms with Crippen LogP contribution in [0.25, 0.3) is 0 Å². The van der Waals surface area contributed by atoms with Crippen LogP contribution < -0.4 is 0 Å². The van der Waals surface area contributed by atoms with Gasteiger partial charge < -0.3 is 14.0 Å². The van der Waals surface area contributed by atoms with Crippen LogP contribution in [0.5, 0.6) is 0 Å². The average molecular weight is 559 g/mol. The van der Waals surface area contributed by atoms with Crippen LogP contribution in [0.4, 0.5) is 22.0 Å². The normalized spacial score (nSPS) is 13.6. The summed E-state index contributed by atoms with van der Waals surface area (Å²) in [5.74, 6) is -2.67. The minimum Gasteiger partial charge on any atom is -0.743 e. The molecule has 0 fully saturated rings. The second kappa shape index (κ2) is 9.97. The van der Waals surface area contributed by atoms with Gasteiger partial charge in [-0.1, -0.05) is 18.2 Å². The molecule has 1 atom stereocenters. The molecule has 164 valence electrons. The number of carbonyl (C=O) groups excluding carboxylic acids is 2. The van der Waals surface area contributed by atoms with Crippen molar-refractivity contribution in [2.45, 2.75) is 43.4 Å². The van der Waals surface area contributed by atoms with Gasteiger partial charge in [-0.3, -0.25) is 9.59 Å². The van der Waals surface area contributed by atoms with Crippen molar-refractivity contribution in [1.29, 1.82) is 0 Å². The first kappa shape index (κ1) is 25.5. The Balaban J connectivity index is 2.56. The van der Waals surface area contributed by atoms with Crippen LogP contribution in [0, 0.1) is 3.57 Å². The summed E-state index contributed by atoms with van der Waals surface area (Å²) in [4.78, 5) is 23.0. The van der Waals surface area contributed by atoms with E-state index in [-0.39, 0.29) is 6.61 Å². The lowest BCUT2D eigenvalue weighted by Gasteiger charge is -2.29. The van der Waals surface area contributed by atoms with E-state index in [2.05, 4.69) is 4.74 Å². The lowest BCUT2D eigenvalue weighted by Crippen LogP contribution is -2.52. The first-order valence-corrected chi connectivity index (χ1v) is 10.1. The van der Waals surface area contributed by atoms with Crippen LogP contribution in [0.1, 0.15) is 24.8 Å². The minimum absolute atomic E-state index is 0.0911. The minimum atomic E-state index is -6.76. The van der Waals surface area contributed by atoms with Gasteiger partial charge in [-0.25, -0.2) is 8.42 Å². The number of halogens is 6. The van der Waals surface area contributed by atoms with E-state index >= 15 is 0 Å². The average Bonchev–Trinajstić information content (AvgIpc) is 2.57. The smallest absolute Gasteiger partial charge is 0.432 e. The number of carbonyl (C=O) groups is 2. The molecule has 0 aliphatic rings. The van der Waals surface area contributed by atoms with Gasteiger partial charge in [-0.2, -0.15) is 22.0 Å². The lowest BCUT2D eigenvalue weighted by molar-refractivity contribution is -0.259. The Hall–Kier alpha value is -1.55. The molecule has 0 radical (unpaired) electrons. The van der Waals surface area contributed by atoms with Crippen LogP contribution >= 0.6 is 22.6 Å². The Morgan fingerprint density at radius 2 is 1.62 bits per heavy atom. The number of ether oxygens (including phenoxy) is 2. The molecule has 1 aromatic rings. The topological polar surface area (TPSA) is 110 Å². The van der Waals surface area contributed by atoms with E-state index in [1.165, 1.54) is 0 Å². The fraction of sp³-hybridized carbons (Fsp3) is 0.467. The molecular formula is C15H13F5IO7S-. The first-order chi connectivity index (χ1) is 13.2. The van der Waals surface area contributed by atoms with E-state index in [9.17, 15) is 44.5 Å². The molecule has 0 aliphatic carbocycles. The van der Waals surface area contributed by atoms with Crippen molar-refractivity contribution in [1.82, 2.24) is 0 Å². The molecule has 1 rings (SSSR count). The number of hydrogen-bond donors (Lipinski definition) is 0. The number of alkyl halides is 5. The van der Waals surface area contributed by atoms with Crippen molar-refractivity contribution >= 4 is 44.6 Å². The van der Waals surface area contributed by atoms with Crippen LogP contribution in [0.3, 0.4) is 0 Å². The van der Waals surface area contributed by atoms with Gasteiger partial charge in [0.1, 0.15) is 6.61 Å². The van der Waals surface area contributed by atoms with Gasteiger partial charge >= 0.3 is 23.4 Å². The second-order valence-corrected chi connectivity index (χ2v) is 8.15. The predicted octanol–water partition coefficient (Wildman–Crippen LogP) is 3.12. The molecule has 0 heterocycles. The third-order valence-electron chi connectivity index (χ3n) is 3.29. The standard InChI is InChI=1S/C15H14F5IO7S/c16-14(17,18)13(15(19,20)29(24,25)26)28-12(23)7-3-6-11(22)27-8-9-4-1-2-5-10(9)21/h1-2,4-5,13H,3,6-8H2,(H,24,25,26)/p-1. The highest BCUT2D eigenvalue weighted by atomic mass is 127. The van der Waals surface area contributed by atoms with Gasteiger partial charge in [0.15, 0.2) is 10.1 Å². The quantitative estimate of drug-likeness (QED) is 0.198. The van der Waals surface area contributed by atoms with Crippen molar-refractivity contribution < 1.29 is 54.0 Å². The molecule has 1 unspecified atom stereocenters. The van der Waals surface area contributed by atoms with Crippen LogP contribution in [-0.4, -0.2) is 42.4 Å². The Bertz CT molecular complexity index is 842. The molecule has 0 spiro atoms. The van der Waals surface area contributed by atoms with Crippen LogP contribution in [-0.2, 0) is 35.8 Å². The summed E-state index contributed by atoms with van der Waals surface area (Å²) in [5, 5.41) is -5.91. The molecule has 1 aromatic carbocycles. The summed E-state index contributed by atoms with van der Waals surface area (Å²) in [6.45, 7) is -0.0911. The summed E-state index contributed by atoms with van der Waals surface area (Å²) in [5.41, 5.74) is 0.690. The molecule has 0 aromatic heterocycles. The number of esters is 2.